The molecule has 7 heteroatoms. The molecule has 0 aliphatic heterocycles. The van der Waals surface area contributed by atoms with Crippen LogP contribution in [-0.4, -0.2) is 28.2 Å². The largest absolute Gasteiger partial charge is 0.491 e. The topological polar surface area (TPSA) is 87.7 Å². The summed E-state index contributed by atoms with van der Waals surface area (Å²) in [6, 6.07) is 13.0. The molecule has 0 aliphatic carbocycles. The van der Waals surface area contributed by atoms with Gasteiger partial charge in [0.15, 0.2) is 5.11 Å². The summed E-state index contributed by atoms with van der Waals surface area (Å²) >= 11 is 5.09. The van der Waals surface area contributed by atoms with Crippen LogP contribution >= 0.6 is 12.2 Å². The fraction of sp³-hybridized carbons (Fsp3) is 0.167. The summed E-state index contributed by atoms with van der Waals surface area (Å²) in [6.45, 7) is 3.79. The number of hydrogen-bond acceptors (Lipinski definition) is 4. The molecule has 0 unspecified atom stereocenters. The van der Waals surface area contributed by atoms with E-state index in [1.807, 2.05) is 13.8 Å². The van der Waals surface area contributed by atoms with Crippen LogP contribution in [0.5, 0.6) is 5.75 Å². The molecule has 0 spiro atoms. The van der Waals surface area contributed by atoms with E-state index in [1.165, 1.54) is 6.07 Å². The molecule has 6 nitrogen and oxygen atoms in total. The minimum absolute atomic E-state index is 0.00595. The van der Waals surface area contributed by atoms with Crippen molar-refractivity contribution in [3.63, 3.8) is 0 Å². The molecule has 2 aromatic carbocycles. The normalized spacial score (nSPS) is 10.2. The average Bonchev–Trinajstić information content (AvgIpc) is 2.54. The second kappa shape index (κ2) is 8.25. The Kier molecular flexibility index (Phi) is 6.08. The van der Waals surface area contributed by atoms with Crippen molar-refractivity contribution >= 4 is 34.9 Å². The van der Waals surface area contributed by atoms with Gasteiger partial charge in [-0.15, -0.1) is 0 Å². The highest BCUT2D eigenvalue weighted by Crippen LogP contribution is 2.16. The van der Waals surface area contributed by atoms with Crippen molar-refractivity contribution in [1.82, 2.24) is 5.32 Å². The van der Waals surface area contributed by atoms with Crippen molar-refractivity contribution < 1.29 is 19.4 Å². The van der Waals surface area contributed by atoms with E-state index in [0.717, 1.165) is 0 Å². The molecule has 0 saturated carbocycles. The summed E-state index contributed by atoms with van der Waals surface area (Å²) in [5.74, 6) is -0.923. The molecule has 1 amide bonds. The van der Waals surface area contributed by atoms with Crippen molar-refractivity contribution in [2.75, 3.05) is 5.32 Å². The second-order valence-corrected chi connectivity index (χ2v) is 5.86. The highest BCUT2D eigenvalue weighted by atomic mass is 32.1. The highest BCUT2D eigenvalue weighted by Gasteiger charge is 2.13. The number of carbonyl (C=O) groups excluding carboxylic acids is 1. The Morgan fingerprint density at radius 1 is 1.12 bits per heavy atom. The Balaban J connectivity index is 2.06. The van der Waals surface area contributed by atoms with E-state index in [9.17, 15) is 9.59 Å². The monoisotopic (exact) mass is 358 g/mol. The van der Waals surface area contributed by atoms with E-state index in [1.54, 1.807) is 42.5 Å². The summed E-state index contributed by atoms with van der Waals surface area (Å²) in [5, 5.41) is 14.4. The number of carboxylic acids is 1. The van der Waals surface area contributed by atoms with E-state index in [-0.39, 0.29) is 16.8 Å². The SMILES string of the molecule is CC(C)Oc1cccc(C(=O)NC(=S)Nc2ccccc2C(=O)O)c1. The van der Waals surface area contributed by atoms with E-state index in [4.69, 9.17) is 22.1 Å². The molecular weight excluding hydrogens is 340 g/mol. The first-order valence-corrected chi connectivity index (χ1v) is 7.99. The zero-order valence-corrected chi connectivity index (χ0v) is 14.6. The van der Waals surface area contributed by atoms with Crippen molar-refractivity contribution in [3.8, 4) is 5.75 Å². The number of carbonyl (C=O) groups is 2. The quantitative estimate of drug-likeness (QED) is 0.711. The third-order valence-electron chi connectivity index (χ3n) is 3.10. The molecule has 0 aromatic heterocycles. The molecule has 2 rings (SSSR count). The van der Waals surface area contributed by atoms with E-state index < -0.39 is 11.9 Å². The van der Waals surface area contributed by atoms with Crippen molar-refractivity contribution in [3.05, 3.63) is 59.7 Å². The van der Waals surface area contributed by atoms with Crippen molar-refractivity contribution in [1.29, 1.82) is 0 Å². The molecule has 25 heavy (non-hydrogen) atoms. The van der Waals surface area contributed by atoms with Gasteiger partial charge in [-0.3, -0.25) is 10.1 Å². The Morgan fingerprint density at radius 3 is 2.52 bits per heavy atom. The molecule has 0 aliphatic rings. The summed E-state index contributed by atoms with van der Waals surface area (Å²) in [6.07, 6.45) is -0.00595. The third-order valence-corrected chi connectivity index (χ3v) is 3.30. The van der Waals surface area contributed by atoms with Gasteiger partial charge in [-0.1, -0.05) is 18.2 Å². The van der Waals surface area contributed by atoms with Crippen LogP contribution in [0.2, 0.25) is 0 Å². The van der Waals surface area contributed by atoms with Crippen LogP contribution in [0.1, 0.15) is 34.6 Å². The minimum Gasteiger partial charge on any atom is -0.491 e. The second-order valence-electron chi connectivity index (χ2n) is 5.45. The van der Waals surface area contributed by atoms with Gasteiger partial charge >= 0.3 is 5.97 Å². The molecule has 2 aromatic rings. The first-order chi connectivity index (χ1) is 11.9. The number of thiocarbonyl (C=S) groups is 1. The Hall–Kier alpha value is -2.93. The van der Waals surface area contributed by atoms with Gasteiger partial charge in [0.25, 0.3) is 5.91 Å². The van der Waals surface area contributed by atoms with E-state index in [2.05, 4.69) is 10.6 Å². The molecule has 0 bridgehead atoms. The lowest BCUT2D eigenvalue weighted by Crippen LogP contribution is -2.34. The molecule has 130 valence electrons. The lowest BCUT2D eigenvalue weighted by Gasteiger charge is -2.13. The van der Waals surface area contributed by atoms with Gasteiger partial charge in [0.05, 0.1) is 17.4 Å². The first kappa shape index (κ1) is 18.4. The molecule has 0 fully saturated rings. The molecule has 0 radical (unpaired) electrons. The predicted molar refractivity (Wildman–Crippen MR) is 99.3 cm³/mol. The summed E-state index contributed by atoms with van der Waals surface area (Å²) < 4.78 is 5.55. The number of nitrogens with one attached hydrogen (secondary N) is 2. The maximum Gasteiger partial charge on any atom is 0.337 e. The van der Waals surface area contributed by atoms with E-state index >= 15 is 0 Å². The Morgan fingerprint density at radius 2 is 1.84 bits per heavy atom. The average molecular weight is 358 g/mol. The van der Waals surface area contributed by atoms with Gasteiger partial charge in [0.1, 0.15) is 5.75 Å². The molecule has 0 heterocycles. The number of ether oxygens (including phenoxy) is 1. The van der Waals surface area contributed by atoms with Gasteiger partial charge in [-0.25, -0.2) is 4.79 Å². The van der Waals surface area contributed by atoms with Crippen LogP contribution in [-0.2, 0) is 0 Å². The summed E-state index contributed by atoms with van der Waals surface area (Å²) in [4.78, 5) is 23.5. The lowest BCUT2D eigenvalue weighted by atomic mass is 10.2. The van der Waals surface area contributed by atoms with Gasteiger partial charge in [0, 0.05) is 5.56 Å². The van der Waals surface area contributed by atoms with Crippen LogP contribution in [0, 0.1) is 0 Å². The van der Waals surface area contributed by atoms with Gasteiger partial charge < -0.3 is 15.2 Å². The van der Waals surface area contributed by atoms with Crippen LogP contribution in [0.25, 0.3) is 0 Å². The van der Waals surface area contributed by atoms with Crippen molar-refractivity contribution in [2.45, 2.75) is 20.0 Å². The van der Waals surface area contributed by atoms with Crippen LogP contribution in [0.3, 0.4) is 0 Å². The third kappa shape index (κ3) is 5.29. The Labute approximate surface area is 150 Å². The Bertz CT molecular complexity index is 805. The number of para-hydroxylation sites is 1. The molecule has 0 atom stereocenters. The number of anilines is 1. The van der Waals surface area contributed by atoms with Crippen molar-refractivity contribution in [2.24, 2.45) is 0 Å². The fourth-order valence-corrected chi connectivity index (χ4v) is 2.29. The molecule has 0 saturated heterocycles. The number of rotatable bonds is 5. The first-order valence-electron chi connectivity index (χ1n) is 7.58. The summed E-state index contributed by atoms with van der Waals surface area (Å²) in [5.41, 5.74) is 0.748. The number of aromatic carboxylic acids is 1. The number of amides is 1. The number of carboxylic acid groups (broad SMARTS) is 1. The molecular formula is C18H18N2O4S. The zero-order chi connectivity index (χ0) is 18.4. The van der Waals surface area contributed by atoms with Gasteiger partial charge in [-0.05, 0) is 56.4 Å². The van der Waals surface area contributed by atoms with E-state index in [0.29, 0.717) is 17.0 Å². The van der Waals surface area contributed by atoms with Crippen LogP contribution < -0.4 is 15.4 Å². The lowest BCUT2D eigenvalue weighted by molar-refractivity contribution is 0.0697. The number of hydrogen-bond donors (Lipinski definition) is 3. The summed E-state index contributed by atoms with van der Waals surface area (Å²) in [7, 11) is 0. The maximum atomic E-state index is 12.3. The van der Waals surface area contributed by atoms with Crippen LogP contribution in [0.4, 0.5) is 5.69 Å². The smallest absolute Gasteiger partial charge is 0.337 e. The predicted octanol–water partition coefficient (Wildman–Crippen LogP) is 3.30. The minimum atomic E-state index is -1.09. The van der Waals surface area contributed by atoms with Crippen LogP contribution in [0.15, 0.2) is 48.5 Å². The maximum absolute atomic E-state index is 12.3. The van der Waals surface area contributed by atoms with Gasteiger partial charge in [0.2, 0.25) is 0 Å². The standard InChI is InChI=1S/C18H18N2O4S/c1-11(2)24-13-7-5-6-12(10-13)16(21)20-18(25)19-15-9-4-3-8-14(15)17(22)23/h3-11H,1-2H3,(H,22,23)(H2,19,20,21,25). The number of benzene rings is 2. The van der Waals surface area contributed by atoms with Gasteiger partial charge in [-0.2, -0.15) is 0 Å². The highest BCUT2D eigenvalue weighted by molar-refractivity contribution is 7.80. The zero-order valence-electron chi connectivity index (χ0n) is 13.8. The molecule has 3 N–H and O–H groups in total. The fourth-order valence-electron chi connectivity index (χ4n) is 2.09.